The molecule has 0 aromatic heterocycles. The number of hydrogen-bond acceptors (Lipinski definition) is 4. The Morgan fingerprint density at radius 3 is 3.00 bits per heavy atom. The molecule has 1 heterocycles. The number of benzene rings is 1. The Hall–Kier alpha value is -2.22. The van der Waals surface area contributed by atoms with Gasteiger partial charge in [-0.15, -0.1) is 0 Å². The van der Waals surface area contributed by atoms with Crippen molar-refractivity contribution >= 4 is 11.6 Å². The molecule has 1 atom stereocenters. The van der Waals surface area contributed by atoms with Crippen molar-refractivity contribution in [1.29, 1.82) is 5.26 Å². The van der Waals surface area contributed by atoms with Crippen molar-refractivity contribution in [3.05, 3.63) is 24.3 Å². The van der Waals surface area contributed by atoms with E-state index in [-0.39, 0.29) is 12.5 Å². The van der Waals surface area contributed by atoms with Crippen LogP contribution in [0.2, 0.25) is 0 Å². The van der Waals surface area contributed by atoms with Crippen molar-refractivity contribution in [2.24, 2.45) is 5.92 Å². The number of carbonyl (C=O) groups is 1. The van der Waals surface area contributed by atoms with Crippen LogP contribution >= 0.6 is 0 Å². The zero-order valence-corrected chi connectivity index (χ0v) is 12.1. The summed E-state index contributed by atoms with van der Waals surface area (Å²) in [4.78, 5) is 14.3. The van der Waals surface area contributed by atoms with Crippen LogP contribution in [0.15, 0.2) is 24.3 Å². The molecule has 110 valence electrons. The van der Waals surface area contributed by atoms with Gasteiger partial charge in [-0.25, -0.2) is 0 Å². The molecule has 1 aliphatic carbocycles. The quantitative estimate of drug-likeness (QED) is 0.914. The maximum atomic E-state index is 12.3. The number of hydrogen-bond donors (Lipinski definition) is 1. The van der Waals surface area contributed by atoms with Gasteiger partial charge in [-0.1, -0.05) is 12.1 Å². The summed E-state index contributed by atoms with van der Waals surface area (Å²) >= 11 is 0. The van der Waals surface area contributed by atoms with Gasteiger partial charge >= 0.3 is 0 Å². The molecule has 0 bridgehead atoms. The van der Waals surface area contributed by atoms with E-state index >= 15 is 0 Å². The fourth-order valence-corrected chi connectivity index (χ4v) is 2.78. The maximum Gasteiger partial charge on any atom is 0.240 e. The molecule has 1 N–H and O–H groups in total. The summed E-state index contributed by atoms with van der Waals surface area (Å²) in [5.74, 6) is 0.993. The lowest BCUT2D eigenvalue weighted by atomic mass is 9.98. The maximum absolute atomic E-state index is 12.3. The Kier molecular flexibility index (Phi) is 3.46. The Morgan fingerprint density at radius 2 is 2.29 bits per heavy atom. The molecule has 0 spiro atoms. The summed E-state index contributed by atoms with van der Waals surface area (Å²) in [6, 6.07) is 9.96. The van der Waals surface area contributed by atoms with Crippen molar-refractivity contribution < 1.29 is 9.53 Å². The topological polar surface area (TPSA) is 65.4 Å². The molecule has 0 radical (unpaired) electrons. The number of nitriles is 1. The Morgan fingerprint density at radius 1 is 1.52 bits per heavy atom. The molecule has 1 amide bonds. The predicted octanol–water partition coefficient (Wildman–Crippen LogP) is 1.69. The molecule has 21 heavy (non-hydrogen) atoms. The lowest BCUT2D eigenvalue weighted by Crippen LogP contribution is -2.51. The Balaban J connectivity index is 1.67. The molecule has 2 aliphatic rings. The molecule has 1 unspecified atom stereocenters. The first kappa shape index (κ1) is 13.7. The molecule has 1 aromatic rings. The molecule has 1 saturated carbocycles. The van der Waals surface area contributed by atoms with Crippen LogP contribution in [-0.4, -0.2) is 31.1 Å². The van der Waals surface area contributed by atoms with Gasteiger partial charge in [0.15, 0.2) is 0 Å². The third kappa shape index (κ3) is 2.80. The van der Waals surface area contributed by atoms with E-state index < -0.39 is 5.54 Å². The summed E-state index contributed by atoms with van der Waals surface area (Å²) in [7, 11) is 0. The monoisotopic (exact) mass is 285 g/mol. The number of nitrogens with zero attached hydrogens (tertiary/aromatic N) is 2. The van der Waals surface area contributed by atoms with Gasteiger partial charge in [0.1, 0.15) is 17.9 Å². The van der Waals surface area contributed by atoms with E-state index in [9.17, 15) is 10.1 Å². The fourth-order valence-electron chi connectivity index (χ4n) is 2.78. The van der Waals surface area contributed by atoms with Crippen LogP contribution in [0.25, 0.3) is 0 Å². The van der Waals surface area contributed by atoms with Crippen molar-refractivity contribution in [2.45, 2.75) is 25.3 Å². The van der Waals surface area contributed by atoms with Crippen LogP contribution < -0.4 is 15.0 Å². The molecule has 3 rings (SSSR count). The standard InChI is InChI=1S/C16H19N3O2/c1-16(11-17,12-6-7-12)18-15(20)10-19-8-9-21-14-5-3-2-4-13(14)19/h2-5,12H,6-10H2,1H3,(H,18,20). The second kappa shape index (κ2) is 5.28. The SMILES string of the molecule is CC(C#N)(NC(=O)CN1CCOc2ccccc21)C1CC1. The van der Waals surface area contributed by atoms with Gasteiger partial charge in [-0.05, 0) is 37.8 Å². The van der Waals surface area contributed by atoms with Gasteiger partial charge in [-0.2, -0.15) is 5.26 Å². The molecule has 5 nitrogen and oxygen atoms in total. The highest BCUT2D eigenvalue weighted by molar-refractivity contribution is 5.83. The number of rotatable bonds is 4. The Bertz CT molecular complexity index is 591. The van der Waals surface area contributed by atoms with Crippen LogP contribution in [-0.2, 0) is 4.79 Å². The van der Waals surface area contributed by atoms with E-state index in [1.54, 1.807) is 0 Å². The number of carbonyl (C=O) groups excluding carboxylic acids is 1. The first-order valence-corrected chi connectivity index (χ1v) is 7.31. The van der Waals surface area contributed by atoms with E-state index in [2.05, 4.69) is 11.4 Å². The van der Waals surface area contributed by atoms with E-state index in [1.807, 2.05) is 36.1 Å². The third-order valence-corrected chi connectivity index (χ3v) is 4.18. The number of nitrogens with one attached hydrogen (secondary N) is 1. The first-order chi connectivity index (χ1) is 10.1. The van der Waals surface area contributed by atoms with Gasteiger partial charge in [0, 0.05) is 0 Å². The van der Waals surface area contributed by atoms with Gasteiger partial charge in [0.05, 0.1) is 24.8 Å². The van der Waals surface area contributed by atoms with Crippen LogP contribution in [0, 0.1) is 17.2 Å². The minimum atomic E-state index is -0.733. The molecule has 5 heteroatoms. The van der Waals surface area contributed by atoms with Crippen molar-refractivity contribution in [2.75, 3.05) is 24.6 Å². The molecular weight excluding hydrogens is 266 g/mol. The lowest BCUT2D eigenvalue weighted by Gasteiger charge is -2.32. The third-order valence-electron chi connectivity index (χ3n) is 4.18. The highest BCUT2D eigenvalue weighted by Crippen LogP contribution is 2.39. The Labute approximate surface area is 124 Å². The van der Waals surface area contributed by atoms with Crippen molar-refractivity contribution in [3.63, 3.8) is 0 Å². The van der Waals surface area contributed by atoms with E-state index in [0.717, 1.165) is 24.3 Å². The number of anilines is 1. The normalized spacial score (nSPS) is 19.7. The largest absolute Gasteiger partial charge is 0.490 e. The van der Waals surface area contributed by atoms with Crippen LogP contribution in [0.3, 0.4) is 0 Å². The number of para-hydroxylation sites is 2. The number of fused-ring (bicyclic) bond motifs is 1. The fraction of sp³-hybridized carbons (Fsp3) is 0.500. The molecule has 1 fully saturated rings. The average molecular weight is 285 g/mol. The highest BCUT2D eigenvalue weighted by atomic mass is 16.5. The highest BCUT2D eigenvalue weighted by Gasteiger charge is 2.43. The van der Waals surface area contributed by atoms with Crippen LogP contribution in [0.4, 0.5) is 5.69 Å². The zero-order valence-electron chi connectivity index (χ0n) is 12.1. The van der Waals surface area contributed by atoms with Crippen molar-refractivity contribution in [1.82, 2.24) is 5.32 Å². The zero-order chi connectivity index (χ0) is 14.9. The summed E-state index contributed by atoms with van der Waals surface area (Å²) in [6.45, 7) is 3.32. The first-order valence-electron chi connectivity index (χ1n) is 7.31. The predicted molar refractivity (Wildman–Crippen MR) is 79.0 cm³/mol. The van der Waals surface area contributed by atoms with E-state index in [4.69, 9.17) is 4.74 Å². The summed E-state index contributed by atoms with van der Waals surface area (Å²) in [5.41, 5.74) is 0.201. The second-order valence-corrected chi connectivity index (χ2v) is 5.87. The number of amides is 1. The molecule has 1 aromatic carbocycles. The summed E-state index contributed by atoms with van der Waals surface area (Å²) in [5, 5.41) is 12.2. The van der Waals surface area contributed by atoms with Gasteiger partial charge in [-0.3, -0.25) is 4.79 Å². The second-order valence-electron chi connectivity index (χ2n) is 5.87. The molecule has 0 saturated heterocycles. The lowest BCUT2D eigenvalue weighted by molar-refractivity contribution is -0.121. The van der Waals surface area contributed by atoms with E-state index in [1.165, 1.54) is 0 Å². The van der Waals surface area contributed by atoms with E-state index in [0.29, 0.717) is 19.1 Å². The van der Waals surface area contributed by atoms with Crippen LogP contribution in [0.5, 0.6) is 5.75 Å². The van der Waals surface area contributed by atoms with Crippen LogP contribution in [0.1, 0.15) is 19.8 Å². The minimum Gasteiger partial charge on any atom is -0.490 e. The summed E-state index contributed by atoms with van der Waals surface area (Å²) in [6.07, 6.45) is 2.04. The molecule has 1 aliphatic heterocycles. The van der Waals surface area contributed by atoms with Gasteiger partial charge in [0.2, 0.25) is 5.91 Å². The van der Waals surface area contributed by atoms with Gasteiger partial charge < -0.3 is 15.0 Å². The smallest absolute Gasteiger partial charge is 0.240 e. The van der Waals surface area contributed by atoms with Crippen molar-refractivity contribution in [3.8, 4) is 11.8 Å². The average Bonchev–Trinajstić information content (AvgIpc) is 3.32. The van der Waals surface area contributed by atoms with Gasteiger partial charge in [0.25, 0.3) is 0 Å². The minimum absolute atomic E-state index is 0.109. The number of ether oxygens (including phenoxy) is 1. The summed E-state index contributed by atoms with van der Waals surface area (Å²) < 4.78 is 5.58. The molecular formula is C16H19N3O2.